The number of aliphatic hydroxyl groups is 1. The molecule has 1 aliphatic carbocycles. The van der Waals surface area contributed by atoms with Gasteiger partial charge in [-0.05, 0) is 44.1 Å². The Morgan fingerprint density at radius 2 is 1.94 bits per heavy atom. The number of likely N-dealkylation sites (N-methyl/N-ethyl adjacent to an activating group) is 1. The average molecular weight is 257 g/mol. The predicted octanol–water partition coefficient (Wildman–Crippen LogP) is 2.53. The molecule has 3 unspecified atom stereocenters. The Balaban J connectivity index is 2.51. The van der Waals surface area contributed by atoms with E-state index in [4.69, 9.17) is 4.74 Å². The van der Waals surface area contributed by atoms with E-state index in [-0.39, 0.29) is 6.10 Å². The van der Waals surface area contributed by atoms with Crippen molar-refractivity contribution in [1.29, 1.82) is 0 Å². The minimum Gasteiger partial charge on any atom is -0.391 e. The van der Waals surface area contributed by atoms with Gasteiger partial charge in [-0.3, -0.25) is 0 Å². The number of aliphatic hydroxyl groups excluding tert-OH is 1. The van der Waals surface area contributed by atoms with Crippen LogP contribution in [0.15, 0.2) is 0 Å². The highest BCUT2D eigenvalue weighted by Crippen LogP contribution is 2.39. The number of hydrogen-bond donors (Lipinski definition) is 1. The smallest absolute Gasteiger partial charge is 0.0695 e. The molecule has 1 N–H and O–H groups in total. The summed E-state index contributed by atoms with van der Waals surface area (Å²) in [5.74, 6) is 0.718. The molecule has 1 rings (SSSR count). The van der Waals surface area contributed by atoms with E-state index >= 15 is 0 Å². The van der Waals surface area contributed by atoms with E-state index in [1.54, 1.807) is 7.11 Å². The van der Waals surface area contributed by atoms with E-state index in [0.29, 0.717) is 11.5 Å². The molecule has 0 amide bonds. The Bertz CT molecular complexity index is 237. The molecule has 3 nitrogen and oxygen atoms in total. The van der Waals surface area contributed by atoms with Crippen LogP contribution in [0.3, 0.4) is 0 Å². The van der Waals surface area contributed by atoms with Crippen molar-refractivity contribution < 1.29 is 9.84 Å². The lowest BCUT2D eigenvalue weighted by atomic mass is 9.70. The van der Waals surface area contributed by atoms with Gasteiger partial charge in [0.05, 0.1) is 6.10 Å². The van der Waals surface area contributed by atoms with Gasteiger partial charge in [-0.15, -0.1) is 0 Å². The van der Waals surface area contributed by atoms with E-state index in [1.165, 1.54) is 0 Å². The van der Waals surface area contributed by atoms with Gasteiger partial charge >= 0.3 is 0 Å². The van der Waals surface area contributed by atoms with Gasteiger partial charge in [-0.2, -0.15) is 0 Å². The predicted molar refractivity (Wildman–Crippen MR) is 75.7 cm³/mol. The van der Waals surface area contributed by atoms with Gasteiger partial charge in [-0.25, -0.2) is 0 Å². The highest BCUT2D eigenvalue weighted by molar-refractivity contribution is 4.89. The zero-order chi connectivity index (χ0) is 13.8. The first-order chi connectivity index (χ1) is 8.36. The van der Waals surface area contributed by atoms with Crippen LogP contribution in [0.4, 0.5) is 0 Å². The first-order valence-corrected chi connectivity index (χ1v) is 7.23. The summed E-state index contributed by atoms with van der Waals surface area (Å²) in [6, 6.07) is 0.319. The van der Waals surface area contributed by atoms with Crippen molar-refractivity contribution in [2.24, 2.45) is 11.3 Å². The monoisotopic (exact) mass is 257 g/mol. The van der Waals surface area contributed by atoms with Crippen molar-refractivity contribution in [1.82, 2.24) is 4.90 Å². The van der Waals surface area contributed by atoms with Crippen molar-refractivity contribution in [3.63, 3.8) is 0 Å². The molecule has 1 aliphatic rings. The minimum absolute atomic E-state index is 0.156. The molecule has 0 aromatic heterocycles. The maximum Gasteiger partial charge on any atom is 0.0695 e. The first-order valence-electron chi connectivity index (χ1n) is 7.23. The topological polar surface area (TPSA) is 32.7 Å². The lowest BCUT2D eigenvalue weighted by molar-refractivity contribution is -0.00946. The molecule has 0 bridgehead atoms. The second-order valence-corrected chi connectivity index (χ2v) is 6.84. The second-order valence-electron chi connectivity index (χ2n) is 6.84. The maximum absolute atomic E-state index is 10.2. The van der Waals surface area contributed by atoms with Crippen LogP contribution in [0, 0.1) is 11.3 Å². The molecule has 0 saturated heterocycles. The lowest BCUT2D eigenvalue weighted by Crippen LogP contribution is -2.47. The zero-order valence-corrected chi connectivity index (χ0v) is 12.8. The fourth-order valence-corrected chi connectivity index (χ4v) is 3.02. The summed E-state index contributed by atoms with van der Waals surface area (Å²) in [4.78, 5) is 2.32. The van der Waals surface area contributed by atoms with Crippen LogP contribution >= 0.6 is 0 Å². The molecule has 1 saturated carbocycles. The number of ether oxygens (including phenoxy) is 1. The van der Waals surface area contributed by atoms with Crippen LogP contribution in [0.2, 0.25) is 0 Å². The maximum atomic E-state index is 10.2. The van der Waals surface area contributed by atoms with Crippen LogP contribution in [-0.2, 0) is 4.74 Å². The van der Waals surface area contributed by atoms with Gasteiger partial charge < -0.3 is 14.7 Å². The van der Waals surface area contributed by atoms with Gasteiger partial charge in [-0.1, -0.05) is 20.8 Å². The molecule has 0 aromatic rings. The van der Waals surface area contributed by atoms with Crippen LogP contribution < -0.4 is 0 Å². The highest BCUT2D eigenvalue weighted by atomic mass is 16.5. The van der Waals surface area contributed by atoms with E-state index in [0.717, 1.165) is 44.8 Å². The molecule has 0 spiro atoms. The van der Waals surface area contributed by atoms with Crippen molar-refractivity contribution in [3.05, 3.63) is 0 Å². The average Bonchev–Trinajstić information content (AvgIpc) is 2.28. The summed E-state index contributed by atoms with van der Waals surface area (Å²) in [7, 11) is 3.87. The fourth-order valence-electron chi connectivity index (χ4n) is 3.02. The highest BCUT2D eigenvalue weighted by Gasteiger charge is 2.36. The number of rotatable bonds is 5. The van der Waals surface area contributed by atoms with Crippen molar-refractivity contribution in [3.8, 4) is 0 Å². The normalized spacial score (nSPS) is 29.8. The van der Waals surface area contributed by atoms with Crippen LogP contribution in [0.1, 0.15) is 46.5 Å². The van der Waals surface area contributed by atoms with E-state index in [9.17, 15) is 5.11 Å². The summed E-state index contributed by atoms with van der Waals surface area (Å²) in [6.07, 6.45) is 4.11. The zero-order valence-electron chi connectivity index (χ0n) is 12.8. The van der Waals surface area contributed by atoms with Gasteiger partial charge in [0.25, 0.3) is 0 Å². The third-order valence-electron chi connectivity index (χ3n) is 4.43. The number of hydrogen-bond acceptors (Lipinski definition) is 3. The van der Waals surface area contributed by atoms with E-state index in [1.807, 2.05) is 0 Å². The van der Waals surface area contributed by atoms with Crippen LogP contribution in [0.25, 0.3) is 0 Å². The Kier molecular flexibility index (Phi) is 6.09. The molecular weight excluding hydrogens is 226 g/mol. The molecule has 0 heterocycles. The molecular formula is C15H31NO2. The Morgan fingerprint density at radius 3 is 2.50 bits per heavy atom. The fraction of sp³-hybridized carbons (Fsp3) is 1.00. The third-order valence-corrected chi connectivity index (χ3v) is 4.43. The Labute approximate surface area is 113 Å². The van der Waals surface area contributed by atoms with Gasteiger partial charge in [0, 0.05) is 26.3 Å². The van der Waals surface area contributed by atoms with Crippen molar-refractivity contribution in [2.45, 2.75) is 58.6 Å². The summed E-state index contributed by atoms with van der Waals surface area (Å²) in [6.45, 7) is 8.76. The standard InChI is InChI=1S/C15H31NO2/c1-15(2,3)12-7-8-14(17)13(11-12)16(4)9-6-10-18-5/h12-14,17H,6-11H2,1-5H3. The lowest BCUT2D eigenvalue weighted by Gasteiger charge is -2.43. The number of nitrogens with zero attached hydrogens (tertiary/aromatic N) is 1. The van der Waals surface area contributed by atoms with Crippen LogP contribution in [0.5, 0.6) is 0 Å². The van der Waals surface area contributed by atoms with Gasteiger partial charge in [0.15, 0.2) is 0 Å². The third kappa shape index (κ3) is 4.52. The Hall–Kier alpha value is -0.120. The molecule has 0 aromatic carbocycles. The molecule has 3 heteroatoms. The van der Waals surface area contributed by atoms with Gasteiger partial charge in [0.2, 0.25) is 0 Å². The second kappa shape index (κ2) is 6.88. The van der Waals surface area contributed by atoms with E-state index < -0.39 is 0 Å². The molecule has 3 atom stereocenters. The summed E-state index contributed by atoms with van der Waals surface area (Å²) in [5.41, 5.74) is 0.353. The molecule has 0 aliphatic heterocycles. The molecule has 1 fully saturated rings. The molecule has 108 valence electrons. The van der Waals surface area contributed by atoms with Crippen LogP contribution in [-0.4, -0.2) is 49.5 Å². The Morgan fingerprint density at radius 1 is 1.28 bits per heavy atom. The first kappa shape index (κ1) is 15.9. The van der Waals surface area contributed by atoms with Crippen molar-refractivity contribution in [2.75, 3.05) is 27.3 Å². The molecule has 18 heavy (non-hydrogen) atoms. The summed E-state index contributed by atoms with van der Waals surface area (Å²) < 4.78 is 5.09. The van der Waals surface area contributed by atoms with Gasteiger partial charge in [0.1, 0.15) is 0 Å². The quantitative estimate of drug-likeness (QED) is 0.768. The SMILES string of the molecule is COCCCN(C)C1CC(C(C)(C)C)CCC1O. The summed E-state index contributed by atoms with van der Waals surface area (Å²) >= 11 is 0. The minimum atomic E-state index is -0.156. The molecule has 0 radical (unpaired) electrons. The van der Waals surface area contributed by atoms with E-state index in [2.05, 4.69) is 32.7 Å². The number of methoxy groups -OCH3 is 1. The largest absolute Gasteiger partial charge is 0.391 e. The van der Waals surface area contributed by atoms with Crippen molar-refractivity contribution >= 4 is 0 Å². The summed E-state index contributed by atoms with van der Waals surface area (Å²) in [5, 5.41) is 10.2.